The zero-order valence-corrected chi connectivity index (χ0v) is 15.2. The lowest BCUT2D eigenvalue weighted by atomic mass is 10.1. The van der Waals surface area contributed by atoms with Gasteiger partial charge in [-0.25, -0.2) is 4.68 Å². The molecule has 6 heteroatoms. The van der Waals surface area contributed by atoms with Crippen molar-refractivity contribution in [3.8, 4) is 16.9 Å². The van der Waals surface area contributed by atoms with Gasteiger partial charge in [0.15, 0.2) is 0 Å². The van der Waals surface area contributed by atoms with Crippen LogP contribution in [0.1, 0.15) is 16.9 Å². The van der Waals surface area contributed by atoms with E-state index < -0.39 is 0 Å². The van der Waals surface area contributed by atoms with Crippen LogP contribution in [0.5, 0.6) is 0 Å². The minimum absolute atomic E-state index is 0.175. The lowest BCUT2D eigenvalue weighted by Gasteiger charge is -2.08. The average molecular weight is 370 g/mol. The minimum Gasteiger partial charge on any atom is -0.385 e. The Kier molecular flexibility index (Phi) is 6.04. The highest BCUT2D eigenvalue weighted by Crippen LogP contribution is 2.22. The molecule has 3 aromatic rings. The Morgan fingerprint density at radius 1 is 1.15 bits per heavy atom. The number of hydrogen-bond acceptors (Lipinski definition) is 3. The number of halogens is 1. The molecule has 0 aliphatic rings. The molecule has 1 N–H and O–H groups in total. The zero-order valence-electron chi connectivity index (χ0n) is 14.5. The molecule has 0 atom stereocenters. The van der Waals surface area contributed by atoms with Crippen LogP contribution in [-0.4, -0.2) is 35.9 Å². The van der Waals surface area contributed by atoms with Gasteiger partial charge >= 0.3 is 0 Å². The first-order chi connectivity index (χ1) is 12.7. The summed E-state index contributed by atoms with van der Waals surface area (Å²) in [6.07, 6.45) is 0.753. The molecule has 3 rings (SSSR count). The third-order valence-corrected chi connectivity index (χ3v) is 4.15. The Labute approximate surface area is 157 Å². The number of ether oxygens (including phenoxy) is 1. The van der Waals surface area contributed by atoms with E-state index in [9.17, 15) is 4.79 Å². The summed E-state index contributed by atoms with van der Waals surface area (Å²) in [6.45, 7) is 1.14. The van der Waals surface area contributed by atoms with Crippen LogP contribution in [0.2, 0.25) is 5.02 Å². The van der Waals surface area contributed by atoms with E-state index in [1.54, 1.807) is 30.0 Å². The van der Waals surface area contributed by atoms with Gasteiger partial charge in [0.05, 0.1) is 11.4 Å². The van der Waals surface area contributed by atoms with E-state index in [2.05, 4.69) is 10.4 Å². The fraction of sp³-hybridized carbons (Fsp3) is 0.200. The number of carbonyl (C=O) groups excluding carboxylic acids is 1. The number of amides is 1. The Morgan fingerprint density at radius 3 is 2.58 bits per heavy atom. The number of rotatable bonds is 7. The first-order valence-corrected chi connectivity index (χ1v) is 8.75. The average Bonchev–Trinajstić information content (AvgIpc) is 3.12. The van der Waals surface area contributed by atoms with Gasteiger partial charge in [-0.1, -0.05) is 41.9 Å². The zero-order chi connectivity index (χ0) is 18.4. The van der Waals surface area contributed by atoms with Crippen LogP contribution in [0.3, 0.4) is 0 Å². The van der Waals surface area contributed by atoms with Gasteiger partial charge in [-0.3, -0.25) is 4.79 Å². The molecule has 0 bridgehead atoms. The molecule has 134 valence electrons. The second-order valence-electron chi connectivity index (χ2n) is 5.77. The van der Waals surface area contributed by atoms with E-state index in [4.69, 9.17) is 16.3 Å². The van der Waals surface area contributed by atoms with E-state index >= 15 is 0 Å². The van der Waals surface area contributed by atoms with Crippen LogP contribution in [0.25, 0.3) is 16.9 Å². The smallest absolute Gasteiger partial charge is 0.270 e. The van der Waals surface area contributed by atoms with Crippen molar-refractivity contribution in [2.24, 2.45) is 0 Å². The van der Waals surface area contributed by atoms with Crippen LogP contribution in [-0.2, 0) is 4.74 Å². The highest BCUT2D eigenvalue weighted by molar-refractivity contribution is 6.30. The maximum atomic E-state index is 12.7. The van der Waals surface area contributed by atoms with Crippen molar-refractivity contribution in [2.45, 2.75) is 6.42 Å². The fourth-order valence-corrected chi connectivity index (χ4v) is 2.71. The third-order valence-electron chi connectivity index (χ3n) is 3.89. The second-order valence-corrected chi connectivity index (χ2v) is 6.21. The molecular formula is C20H20ClN3O2. The largest absolute Gasteiger partial charge is 0.385 e. The van der Waals surface area contributed by atoms with Crippen LogP contribution < -0.4 is 5.32 Å². The number of aromatic nitrogens is 2. The van der Waals surface area contributed by atoms with Crippen molar-refractivity contribution in [1.29, 1.82) is 0 Å². The second kappa shape index (κ2) is 8.65. The predicted octanol–water partition coefficient (Wildman–Crippen LogP) is 3.96. The molecule has 0 unspecified atom stereocenters. The Hall–Kier alpha value is -2.63. The molecule has 1 amide bonds. The van der Waals surface area contributed by atoms with Crippen molar-refractivity contribution in [3.05, 3.63) is 71.4 Å². The highest BCUT2D eigenvalue weighted by Gasteiger charge is 2.17. The van der Waals surface area contributed by atoms with Crippen LogP contribution in [0, 0.1) is 0 Å². The van der Waals surface area contributed by atoms with Gasteiger partial charge in [0.1, 0.15) is 5.69 Å². The first kappa shape index (κ1) is 18.2. The lowest BCUT2D eigenvalue weighted by molar-refractivity contribution is 0.0941. The molecule has 0 aliphatic carbocycles. The molecule has 2 aromatic carbocycles. The molecule has 26 heavy (non-hydrogen) atoms. The van der Waals surface area contributed by atoms with Crippen molar-refractivity contribution < 1.29 is 9.53 Å². The van der Waals surface area contributed by atoms with E-state index in [0.717, 1.165) is 23.4 Å². The summed E-state index contributed by atoms with van der Waals surface area (Å²) in [7, 11) is 1.64. The molecule has 0 saturated heterocycles. The van der Waals surface area contributed by atoms with E-state index in [1.807, 2.05) is 42.5 Å². The summed E-state index contributed by atoms with van der Waals surface area (Å²) in [5.41, 5.74) is 2.94. The normalized spacial score (nSPS) is 10.7. The molecule has 1 heterocycles. The number of hydrogen-bond donors (Lipinski definition) is 1. The Balaban J connectivity index is 1.93. The van der Waals surface area contributed by atoms with Crippen LogP contribution in [0.15, 0.2) is 60.7 Å². The fourth-order valence-electron chi connectivity index (χ4n) is 2.58. The standard InChI is InChI=1S/C20H20ClN3O2/c1-26-13-5-12-22-20(25)19-14-18(15-6-3-2-4-7-15)23-24(19)17-10-8-16(21)9-11-17/h2-4,6-11,14H,5,12-13H2,1H3,(H,22,25). The van der Waals surface area contributed by atoms with Gasteiger partial charge < -0.3 is 10.1 Å². The topological polar surface area (TPSA) is 56.1 Å². The summed E-state index contributed by atoms with van der Waals surface area (Å²) in [6, 6.07) is 18.8. The number of methoxy groups -OCH3 is 1. The quantitative estimate of drug-likeness (QED) is 0.641. The van der Waals surface area contributed by atoms with Crippen LogP contribution in [0.4, 0.5) is 0 Å². The van der Waals surface area contributed by atoms with E-state index in [1.165, 1.54) is 0 Å². The maximum absolute atomic E-state index is 12.7. The lowest BCUT2D eigenvalue weighted by Crippen LogP contribution is -2.27. The molecule has 0 radical (unpaired) electrons. The van der Waals surface area contributed by atoms with Gasteiger partial charge in [-0.15, -0.1) is 0 Å². The number of nitrogens with zero attached hydrogens (tertiary/aromatic N) is 2. The Bertz CT molecular complexity index is 861. The van der Waals surface area contributed by atoms with Gasteiger partial charge in [-0.2, -0.15) is 5.10 Å². The van der Waals surface area contributed by atoms with Gasteiger partial charge in [0.25, 0.3) is 5.91 Å². The molecule has 5 nitrogen and oxygen atoms in total. The molecule has 1 aromatic heterocycles. The monoisotopic (exact) mass is 369 g/mol. The first-order valence-electron chi connectivity index (χ1n) is 8.37. The van der Waals surface area contributed by atoms with Crippen molar-refractivity contribution in [3.63, 3.8) is 0 Å². The number of benzene rings is 2. The summed E-state index contributed by atoms with van der Waals surface area (Å²) < 4.78 is 6.66. The summed E-state index contributed by atoms with van der Waals surface area (Å²) in [5, 5.41) is 8.18. The third kappa shape index (κ3) is 4.31. The summed E-state index contributed by atoms with van der Waals surface area (Å²) >= 11 is 5.98. The SMILES string of the molecule is COCCCNC(=O)c1cc(-c2ccccc2)nn1-c1ccc(Cl)cc1. The molecule has 0 spiro atoms. The number of carbonyl (C=O) groups is 1. The summed E-state index contributed by atoms with van der Waals surface area (Å²) in [4.78, 5) is 12.7. The molecule has 0 fully saturated rings. The maximum Gasteiger partial charge on any atom is 0.270 e. The predicted molar refractivity (Wildman–Crippen MR) is 103 cm³/mol. The summed E-state index contributed by atoms with van der Waals surface area (Å²) in [5.74, 6) is -0.175. The Morgan fingerprint density at radius 2 is 1.88 bits per heavy atom. The minimum atomic E-state index is -0.175. The highest BCUT2D eigenvalue weighted by atomic mass is 35.5. The molecule has 0 saturated carbocycles. The van der Waals surface area contributed by atoms with Gasteiger partial charge in [0, 0.05) is 30.8 Å². The molecular weight excluding hydrogens is 350 g/mol. The van der Waals surface area contributed by atoms with Crippen LogP contribution >= 0.6 is 11.6 Å². The van der Waals surface area contributed by atoms with Crippen molar-refractivity contribution >= 4 is 17.5 Å². The number of nitrogens with one attached hydrogen (secondary N) is 1. The van der Waals surface area contributed by atoms with Gasteiger partial charge in [-0.05, 0) is 36.8 Å². The van der Waals surface area contributed by atoms with Crippen molar-refractivity contribution in [1.82, 2.24) is 15.1 Å². The van der Waals surface area contributed by atoms with Gasteiger partial charge in [0.2, 0.25) is 0 Å². The van der Waals surface area contributed by atoms with E-state index in [0.29, 0.717) is 23.9 Å². The molecule has 0 aliphatic heterocycles. The van der Waals surface area contributed by atoms with Crippen molar-refractivity contribution in [2.75, 3.05) is 20.3 Å². The van der Waals surface area contributed by atoms with E-state index in [-0.39, 0.29) is 5.91 Å².